The van der Waals surface area contributed by atoms with Crippen molar-refractivity contribution in [3.63, 3.8) is 0 Å². The smallest absolute Gasteiger partial charge is 0.252 e. The molecule has 0 fully saturated rings. The molecule has 1 aromatic carbocycles. The molecule has 1 unspecified atom stereocenters. The lowest BCUT2D eigenvalue weighted by atomic mass is 9.97. The highest BCUT2D eigenvalue weighted by molar-refractivity contribution is 6.23. The van der Waals surface area contributed by atoms with Crippen LogP contribution in [0.2, 0.25) is 0 Å². The number of benzene rings is 1. The molecule has 82 valence electrons. The maximum absolute atomic E-state index is 12.0. The highest BCUT2D eigenvalue weighted by Gasteiger charge is 2.31. The van der Waals surface area contributed by atoms with E-state index < -0.39 is 0 Å². The second-order valence-corrected chi connectivity index (χ2v) is 4.61. The molecule has 1 aliphatic carbocycles. The molecule has 1 amide bonds. The van der Waals surface area contributed by atoms with Crippen LogP contribution in [0.1, 0.15) is 30.9 Å². The lowest BCUT2D eigenvalue weighted by molar-refractivity contribution is -0.115. The molecular weight excluding hydrogens is 198 g/mol. The number of hydrogen-bond acceptors (Lipinski definition) is 1. The van der Waals surface area contributed by atoms with Gasteiger partial charge in [-0.2, -0.15) is 0 Å². The van der Waals surface area contributed by atoms with E-state index in [1.165, 1.54) is 11.1 Å². The average Bonchev–Trinajstić information content (AvgIpc) is 2.49. The maximum Gasteiger partial charge on any atom is 0.252 e. The van der Waals surface area contributed by atoms with Crippen molar-refractivity contribution in [2.24, 2.45) is 0 Å². The molecule has 1 atom stereocenters. The first-order valence-electron chi connectivity index (χ1n) is 5.89. The molecule has 16 heavy (non-hydrogen) atoms. The molecule has 2 aliphatic rings. The van der Waals surface area contributed by atoms with Crippen molar-refractivity contribution in [3.8, 4) is 0 Å². The third kappa shape index (κ3) is 1.29. The summed E-state index contributed by atoms with van der Waals surface area (Å²) in [5.41, 5.74) is 4.71. The average molecular weight is 213 g/mol. The number of aryl methyl sites for hydroxylation is 1. The van der Waals surface area contributed by atoms with E-state index in [1.54, 1.807) is 0 Å². The fourth-order valence-corrected chi connectivity index (χ4v) is 2.81. The number of carbonyl (C=O) groups is 1. The van der Waals surface area contributed by atoms with E-state index in [-0.39, 0.29) is 11.9 Å². The molecule has 1 aliphatic heterocycles. The summed E-state index contributed by atoms with van der Waals surface area (Å²) < 4.78 is 0. The first-order valence-corrected chi connectivity index (χ1v) is 5.89. The molecule has 0 spiro atoms. The van der Waals surface area contributed by atoms with Gasteiger partial charge in [-0.05, 0) is 42.9 Å². The van der Waals surface area contributed by atoms with Crippen LogP contribution in [-0.2, 0) is 11.2 Å². The number of hydrogen-bond donors (Lipinski definition) is 1. The summed E-state index contributed by atoms with van der Waals surface area (Å²) in [6.07, 6.45) is 3.28. The summed E-state index contributed by atoms with van der Waals surface area (Å²) in [5, 5.41) is 3.01. The number of rotatable bonds is 0. The van der Waals surface area contributed by atoms with E-state index in [0.29, 0.717) is 0 Å². The van der Waals surface area contributed by atoms with Crippen molar-refractivity contribution >= 4 is 11.5 Å². The van der Waals surface area contributed by atoms with Gasteiger partial charge in [0.25, 0.3) is 5.91 Å². The molecule has 2 nitrogen and oxygen atoms in total. The van der Waals surface area contributed by atoms with Crippen molar-refractivity contribution in [1.82, 2.24) is 5.32 Å². The number of carbonyl (C=O) groups excluding carboxylic acids is 1. The molecule has 0 radical (unpaired) electrons. The zero-order chi connectivity index (χ0) is 11.1. The third-order valence-electron chi connectivity index (χ3n) is 3.60. The van der Waals surface area contributed by atoms with E-state index >= 15 is 0 Å². The highest BCUT2D eigenvalue weighted by atomic mass is 16.2. The summed E-state index contributed by atoms with van der Waals surface area (Å²) in [4.78, 5) is 12.0. The number of nitrogens with one attached hydrogen (secondary N) is 1. The van der Waals surface area contributed by atoms with Crippen LogP contribution in [0.3, 0.4) is 0 Å². The van der Waals surface area contributed by atoms with Gasteiger partial charge in [0.2, 0.25) is 0 Å². The van der Waals surface area contributed by atoms with E-state index in [2.05, 4.69) is 30.4 Å². The van der Waals surface area contributed by atoms with Gasteiger partial charge in [0.05, 0.1) is 0 Å². The van der Waals surface area contributed by atoms with Gasteiger partial charge in [-0.15, -0.1) is 0 Å². The van der Waals surface area contributed by atoms with Gasteiger partial charge in [-0.3, -0.25) is 4.79 Å². The van der Waals surface area contributed by atoms with E-state index in [4.69, 9.17) is 0 Å². The quantitative estimate of drug-likeness (QED) is 0.704. The molecule has 0 saturated heterocycles. The van der Waals surface area contributed by atoms with Crippen molar-refractivity contribution in [1.29, 1.82) is 0 Å². The van der Waals surface area contributed by atoms with Gasteiger partial charge >= 0.3 is 0 Å². The Morgan fingerprint density at radius 1 is 1.25 bits per heavy atom. The molecule has 0 aromatic heterocycles. The lowest BCUT2D eigenvalue weighted by Crippen LogP contribution is -2.26. The summed E-state index contributed by atoms with van der Waals surface area (Å²) in [5.74, 6) is 0.108. The van der Waals surface area contributed by atoms with Gasteiger partial charge in [0.15, 0.2) is 0 Å². The largest absolute Gasteiger partial charge is 0.346 e. The Morgan fingerprint density at radius 2 is 2.06 bits per heavy atom. The van der Waals surface area contributed by atoms with Gasteiger partial charge in [-0.1, -0.05) is 24.3 Å². The SMILES string of the molecule is CC1NC(=O)C2=C1CCCc1ccccc12. The molecule has 3 rings (SSSR count). The minimum absolute atomic E-state index is 0.108. The van der Waals surface area contributed by atoms with Crippen LogP contribution in [0, 0.1) is 0 Å². The van der Waals surface area contributed by atoms with Gasteiger partial charge in [-0.25, -0.2) is 0 Å². The maximum atomic E-state index is 12.0. The first-order chi connectivity index (χ1) is 7.77. The predicted molar refractivity (Wildman–Crippen MR) is 63.9 cm³/mol. The molecule has 1 aromatic rings. The van der Waals surface area contributed by atoms with Crippen LogP contribution in [0.15, 0.2) is 29.8 Å². The van der Waals surface area contributed by atoms with Gasteiger partial charge in [0, 0.05) is 11.6 Å². The topological polar surface area (TPSA) is 29.1 Å². The van der Waals surface area contributed by atoms with Gasteiger partial charge < -0.3 is 5.32 Å². The van der Waals surface area contributed by atoms with E-state index in [0.717, 1.165) is 30.4 Å². The van der Waals surface area contributed by atoms with E-state index in [1.807, 2.05) is 6.07 Å². The van der Waals surface area contributed by atoms with Crippen LogP contribution in [0.5, 0.6) is 0 Å². The zero-order valence-electron chi connectivity index (χ0n) is 9.42. The van der Waals surface area contributed by atoms with Crippen LogP contribution in [0.4, 0.5) is 0 Å². The zero-order valence-corrected chi connectivity index (χ0v) is 9.42. The Balaban J connectivity index is 2.22. The second kappa shape index (κ2) is 3.48. The Bertz CT molecular complexity index is 487. The Kier molecular flexibility index (Phi) is 2.10. The normalized spacial score (nSPS) is 23.6. The summed E-state index contributed by atoms with van der Waals surface area (Å²) in [6.45, 7) is 2.08. The molecule has 0 saturated carbocycles. The monoisotopic (exact) mass is 213 g/mol. The standard InChI is InChI=1S/C14H15NO/c1-9-11-8-4-6-10-5-2-3-7-12(10)13(11)14(16)15-9/h2-3,5,7,9H,4,6,8H2,1H3,(H,15,16). The minimum Gasteiger partial charge on any atom is -0.346 e. The summed E-state index contributed by atoms with van der Waals surface area (Å²) in [7, 11) is 0. The minimum atomic E-state index is 0.108. The molecule has 1 N–H and O–H groups in total. The number of fused-ring (bicyclic) bond motifs is 2. The Hall–Kier alpha value is -1.57. The first kappa shape index (κ1) is 9.64. The predicted octanol–water partition coefficient (Wildman–Crippen LogP) is 2.29. The Labute approximate surface area is 95.4 Å². The Morgan fingerprint density at radius 3 is 2.94 bits per heavy atom. The molecule has 1 heterocycles. The van der Waals surface area contributed by atoms with Crippen molar-refractivity contribution in [3.05, 3.63) is 41.0 Å². The van der Waals surface area contributed by atoms with Crippen LogP contribution < -0.4 is 5.32 Å². The summed E-state index contributed by atoms with van der Waals surface area (Å²) in [6, 6.07) is 8.51. The molecule has 2 heteroatoms. The highest BCUT2D eigenvalue weighted by Crippen LogP contribution is 2.35. The van der Waals surface area contributed by atoms with Crippen LogP contribution in [-0.4, -0.2) is 11.9 Å². The van der Waals surface area contributed by atoms with Gasteiger partial charge in [0.1, 0.15) is 0 Å². The summed E-state index contributed by atoms with van der Waals surface area (Å²) >= 11 is 0. The second-order valence-electron chi connectivity index (χ2n) is 4.61. The van der Waals surface area contributed by atoms with E-state index in [9.17, 15) is 4.79 Å². The third-order valence-corrected chi connectivity index (χ3v) is 3.60. The lowest BCUT2D eigenvalue weighted by Gasteiger charge is -2.07. The molecule has 0 bridgehead atoms. The van der Waals surface area contributed by atoms with Crippen LogP contribution in [0.25, 0.3) is 5.57 Å². The van der Waals surface area contributed by atoms with Crippen molar-refractivity contribution in [2.75, 3.05) is 0 Å². The molecular formula is C14H15NO. The van der Waals surface area contributed by atoms with Crippen molar-refractivity contribution in [2.45, 2.75) is 32.2 Å². The van der Waals surface area contributed by atoms with Crippen molar-refractivity contribution < 1.29 is 4.79 Å². The number of amides is 1. The fraction of sp³-hybridized carbons (Fsp3) is 0.357. The van der Waals surface area contributed by atoms with Crippen LogP contribution >= 0.6 is 0 Å². The fourth-order valence-electron chi connectivity index (χ4n) is 2.81.